The van der Waals surface area contributed by atoms with E-state index in [1.165, 1.54) is 0 Å². The molecule has 1 aliphatic heterocycles. The number of hydrogen-bond donors (Lipinski definition) is 1. The molecule has 0 aliphatic carbocycles. The fourth-order valence-electron chi connectivity index (χ4n) is 3.73. The highest BCUT2D eigenvalue weighted by Crippen LogP contribution is 2.25. The van der Waals surface area contributed by atoms with Crippen molar-refractivity contribution in [3.63, 3.8) is 0 Å². The first-order valence-electron chi connectivity index (χ1n) is 10.6. The van der Waals surface area contributed by atoms with Crippen molar-refractivity contribution in [3.05, 3.63) is 71.3 Å². The largest absolute Gasteiger partial charge is 0.379 e. The Morgan fingerprint density at radius 3 is 2.48 bits per heavy atom. The van der Waals surface area contributed by atoms with Gasteiger partial charge in [-0.25, -0.2) is 0 Å². The first-order valence-corrected chi connectivity index (χ1v) is 10.6. The Morgan fingerprint density at radius 2 is 1.72 bits per heavy atom. The molecule has 0 spiro atoms. The van der Waals surface area contributed by atoms with E-state index in [2.05, 4.69) is 16.3 Å². The molecular weight excluding hydrogens is 364 g/mol. The minimum absolute atomic E-state index is 0.0662. The number of ether oxygens (including phenoxy) is 2. The summed E-state index contributed by atoms with van der Waals surface area (Å²) in [4.78, 5) is 15.4. The Balaban J connectivity index is 1.56. The Kier molecular flexibility index (Phi) is 8.68. The van der Waals surface area contributed by atoms with Gasteiger partial charge in [-0.3, -0.25) is 9.69 Å². The number of hydrogen-bond acceptors (Lipinski definition) is 4. The molecule has 5 nitrogen and oxygen atoms in total. The second-order valence-electron chi connectivity index (χ2n) is 7.34. The predicted octanol–water partition coefficient (Wildman–Crippen LogP) is 3.69. The molecule has 0 saturated carbocycles. The molecule has 1 fully saturated rings. The molecule has 3 rings (SSSR count). The molecule has 1 heterocycles. The molecule has 156 valence electrons. The SMILES string of the molecule is CCOCCOCc1cccc(CNC(=O)C(c2ccccc2)N2CCCC2)c1. The van der Waals surface area contributed by atoms with E-state index >= 15 is 0 Å². The lowest BCUT2D eigenvalue weighted by molar-refractivity contribution is -0.126. The van der Waals surface area contributed by atoms with Crippen molar-refractivity contribution in [2.45, 2.75) is 39.0 Å². The van der Waals surface area contributed by atoms with Crippen LogP contribution in [-0.2, 0) is 27.4 Å². The van der Waals surface area contributed by atoms with Crippen molar-refractivity contribution in [1.29, 1.82) is 0 Å². The monoisotopic (exact) mass is 396 g/mol. The van der Waals surface area contributed by atoms with Crippen LogP contribution in [0.5, 0.6) is 0 Å². The lowest BCUT2D eigenvalue weighted by Gasteiger charge is -2.27. The maximum Gasteiger partial charge on any atom is 0.242 e. The fourth-order valence-corrected chi connectivity index (χ4v) is 3.73. The lowest BCUT2D eigenvalue weighted by Crippen LogP contribution is -2.39. The maximum absolute atomic E-state index is 13.1. The van der Waals surface area contributed by atoms with Crippen molar-refractivity contribution in [3.8, 4) is 0 Å². The smallest absolute Gasteiger partial charge is 0.242 e. The Morgan fingerprint density at radius 1 is 1.00 bits per heavy atom. The van der Waals surface area contributed by atoms with Crippen LogP contribution < -0.4 is 5.32 Å². The zero-order chi connectivity index (χ0) is 20.3. The average molecular weight is 397 g/mol. The van der Waals surface area contributed by atoms with Crippen LogP contribution in [0.1, 0.15) is 42.5 Å². The van der Waals surface area contributed by atoms with E-state index in [1.807, 2.05) is 55.5 Å². The molecule has 0 radical (unpaired) electrons. The van der Waals surface area contributed by atoms with Crippen LogP contribution in [0.4, 0.5) is 0 Å². The number of likely N-dealkylation sites (tertiary alicyclic amines) is 1. The van der Waals surface area contributed by atoms with E-state index in [0.717, 1.165) is 42.6 Å². The van der Waals surface area contributed by atoms with Crippen LogP contribution >= 0.6 is 0 Å². The second-order valence-corrected chi connectivity index (χ2v) is 7.34. The number of carbonyl (C=O) groups excluding carboxylic acids is 1. The van der Waals surface area contributed by atoms with Crippen LogP contribution in [0.15, 0.2) is 54.6 Å². The molecule has 1 amide bonds. The molecule has 2 aromatic carbocycles. The summed E-state index contributed by atoms with van der Waals surface area (Å²) in [6.45, 7) is 6.90. The van der Waals surface area contributed by atoms with E-state index in [9.17, 15) is 4.79 Å². The maximum atomic E-state index is 13.1. The van der Waals surface area contributed by atoms with E-state index in [4.69, 9.17) is 9.47 Å². The third-order valence-electron chi connectivity index (χ3n) is 5.17. The van der Waals surface area contributed by atoms with Crippen molar-refractivity contribution in [2.24, 2.45) is 0 Å². The topological polar surface area (TPSA) is 50.8 Å². The van der Waals surface area contributed by atoms with Gasteiger partial charge in [0.15, 0.2) is 0 Å². The summed E-state index contributed by atoms with van der Waals surface area (Å²) in [5.41, 5.74) is 3.24. The van der Waals surface area contributed by atoms with Crippen LogP contribution in [-0.4, -0.2) is 43.7 Å². The summed E-state index contributed by atoms with van der Waals surface area (Å²) in [6.07, 6.45) is 2.31. The van der Waals surface area contributed by atoms with Gasteiger partial charge in [0.1, 0.15) is 6.04 Å². The molecule has 29 heavy (non-hydrogen) atoms. The Bertz CT molecular complexity index is 745. The van der Waals surface area contributed by atoms with Gasteiger partial charge in [0.05, 0.1) is 19.8 Å². The number of nitrogens with zero attached hydrogens (tertiary/aromatic N) is 1. The highest BCUT2D eigenvalue weighted by Gasteiger charge is 2.29. The number of benzene rings is 2. The normalized spacial score (nSPS) is 15.3. The zero-order valence-electron chi connectivity index (χ0n) is 17.3. The van der Waals surface area contributed by atoms with E-state index in [-0.39, 0.29) is 11.9 Å². The number of rotatable bonds is 11. The Hall–Kier alpha value is -2.21. The summed E-state index contributed by atoms with van der Waals surface area (Å²) in [5.74, 6) is 0.0662. The molecule has 1 N–H and O–H groups in total. The van der Waals surface area contributed by atoms with Crippen molar-refractivity contribution in [1.82, 2.24) is 10.2 Å². The third-order valence-corrected chi connectivity index (χ3v) is 5.17. The summed E-state index contributed by atoms with van der Waals surface area (Å²) >= 11 is 0. The van der Waals surface area contributed by atoms with Crippen LogP contribution in [0.3, 0.4) is 0 Å². The molecule has 1 unspecified atom stereocenters. The molecule has 0 aromatic heterocycles. The van der Waals surface area contributed by atoms with Gasteiger partial charge in [-0.05, 0) is 49.5 Å². The predicted molar refractivity (Wildman–Crippen MR) is 114 cm³/mol. The van der Waals surface area contributed by atoms with E-state index in [0.29, 0.717) is 33.0 Å². The summed E-state index contributed by atoms with van der Waals surface area (Å²) in [5, 5.41) is 3.14. The average Bonchev–Trinajstić information content (AvgIpc) is 3.28. The van der Waals surface area contributed by atoms with Gasteiger partial charge in [-0.15, -0.1) is 0 Å². The summed E-state index contributed by atoms with van der Waals surface area (Å²) in [7, 11) is 0. The number of carbonyl (C=O) groups is 1. The zero-order valence-corrected chi connectivity index (χ0v) is 17.3. The molecule has 5 heteroatoms. The van der Waals surface area contributed by atoms with Gasteiger partial charge in [-0.1, -0.05) is 54.6 Å². The standard InChI is InChI=1S/C24H32N2O3/c1-2-28-15-16-29-19-21-10-8-9-20(17-21)18-25-24(27)23(26-13-6-7-14-26)22-11-4-3-5-12-22/h3-5,8-12,17,23H,2,6-7,13-16,18-19H2,1H3,(H,25,27). The first kappa shape index (κ1) is 21.5. The van der Waals surface area contributed by atoms with Crippen molar-refractivity contribution < 1.29 is 14.3 Å². The van der Waals surface area contributed by atoms with Crippen LogP contribution in [0, 0.1) is 0 Å². The van der Waals surface area contributed by atoms with E-state index in [1.54, 1.807) is 0 Å². The lowest BCUT2D eigenvalue weighted by atomic mass is 10.0. The minimum atomic E-state index is -0.219. The molecule has 1 aliphatic rings. The second kappa shape index (κ2) is 11.7. The fraction of sp³-hybridized carbons (Fsp3) is 0.458. The number of amides is 1. The highest BCUT2D eigenvalue weighted by atomic mass is 16.5. The van der Waals surface area contributed by atoms with Gasteiger partial charge in [0.2, 0.25) is 5.91 Å². The molecule has 0 bridgehead atoms. The summed E-state index contributed by atoms with van der Waals surface area (Å²) < 4.78 is 10.9. The van der Waals surface area contributed by atoms with Gasteiger partial charge in [0, 0.05) is 13.2 Å². The van der Waals surface area contributed by atoms with Crippen molar-refractivity contribution in [2.75, 3.05) is 32.9 Å². The molecule has 2 aromatic rings. The van der Waals surface area contributed by atoms with Gasteiger partial charge in [-0.2, -0.15) is 0 Å². The number of nitrogens with one attached hydrogen (secondary N) is 1. The van der Waals surface area contributed by atoms with Gasteiger partial charge >= 0.3 is 0 Å². The third kappa shape index (κ3) is 6.67. The quantitative estimate of drug-likeness (QED) is 0.589. The van der Waals surface area contributed by atoms with Crippen LogP contribution in [0.25, 0.3) is 0 Å². The van der Waals surface area contributed by atoms with Gasteiger partial charge < -0.3 is 14.8 Å². The minimum Gasteiger partial charge on any atom is -0.379 e. The summed E-state index contributed by atoms with van der Waals surface area (Å²) in [6, 6.07) is 18.0. The Labute approximate surface area is 174 Å². The molecule has 1 saturated heterocycles. The van der Waals surface area contributed by atoms with E-state index < -0.39 is 0 Å². The molecule has 1 atom stereocenters. The van der Waals surface area contributed by atoms with Crippen molar-refractivity contribution >= 4 is 5.91 Å². The van der Waals surface area contributed by atoms with Gasteiger partial charge in [0.25, 0.3) is 0 Å². The first-order chi connectivity index (χ1) is 14.3. The highest BCUT2D eigenvalue weighted by molar-refractivity contribution is 5.83. The van der Waals surface area contributed by atoms with Crippen LogP contribution in [0.2, 0.25) is 0 Å². The molecular formula is C24H32N2O3.